The number of carboxylic acid groups (broad SMARTS) is 1. The molecule has 0 aliphatic rings. The summed E-state index contributed by atoms with van der Waals surface area (Å²) in [5.41, 5.74) is 1.05. The van der Waals surface area contributed by atoms with Crippen LogP contribution in [0.1, 0.15) is 6.42 Å². The van der Waals surface area contributed by atoms with Crippen LogP contribution in [0.5, 0.6) is 0 Å². The summed E-state index contributed by atoms with van der Waals surface area (Å²) in [5.74, 6) is -0.774. The monoisotopic (exact) mass is 259 g/mol. The van der Waals surface area contributed by atoms with Crippen LogP contribution in [0.4, 0.5) is 5.69 Å². The minimum Gasteiger partial charge on any atom is -0.481 e. The number of hydrogen-bond acceptors (Lipinski definition) is 3. The minimum absolute atomic E-state index is 0.138. The second kappa shape index (κ2) is 6.58. The summed E-state index contributed by atoms with van der Waals surface area (Å²) in [5, 5.41) is 8.82. The Morgan fingerprint density at radius 1 is 1.26 bits per heavy atom. The van der Waals surface area contributed by atoms with Crippen molar-refractivity contribution < 1.29 is 9.90 Å². The number of nitrogens with zero attached hydrogens (tertiary/aromatic N) is 3. The number of imidazole rings is 1. The maximum absolute atomic E-state index is 10.7. The summed E-state index contributed by atoms with van der Waals surface area (Å²) in [6, 6.07) is 9.86. The maximum Gasteiger partial charge on any atom is 0.305 e. The first-order valence-corrected chi connectivity index (χ1v) is 6.23. The van der Waals surface area contributed by atoms with Gasteiger partial charge in [-0.15, -0.1) is 0 Å². The summed E-state index contributed by atoms with van der Waals surface area (Å²) >= 11 is 0. The van der Waals surface area contributed by atoms with Gasteiger partial charge >= 0.3 is 5.97 Å². The lowest BCUT2D eigenvalue weighted by Crippen LogP contribution is -2.29. The summed E-state index contributed by atoms with van der Waals surface area (Å²) in [6.45, 7) is 2.05. The van der Waals surface area contributed by atoms with Gasteiger partial charge in [0.2, 0.25) is 0 Å². The lowest BCUT2D eigenvalue weighted by molar-refractivity contribution is -0.136. The molecule has 0 fully saturated rings. The number of benzene rings is 1. The van der Waals surface area contributed by atoms with Crippen molar-refractivity contribution >= 4 is 11.7 Å². The summed E-state index contributed by atoms with van der Waals surface area (Å²) in [7, 11) is 0. The Labute approximate surface area is 112 Å². The van der Waals surface area contributed by atoms with Gasteiger partial charge in [-0.25, -0.2) is 4.98 Å². The average Bonchev–Trinajstić information content (AvgIpc) is 2.93. The van der Waals surface area contributed by atoms with Crippen LogP contribution in [-0.2, 0) is 11.3 Å². The van der Waals surface area contributed by atoms with E-state index in [1.165, 1.54) is 0 Å². The number of hydrogen-bond donors (Lipinski definition) is 1. The zero-order valence-electron chi connectivity index (χ0n) is 10.6. The zero-order chi connectivity index (χ0) is 13.5. The molecule has 0 aliphatic carbocycles. The van der Waals surface area contributed by atoms with E-state index in [0.29, 0.717) is 6.54 Å². The van der Waals surface area contributed by atoms with Crippen LogP contribution in [0, 0.1) is 0 Å². The fourth-order valence-corrected chi connectivity index (χ4v) is 1.89. The fourth-order valence-electron chi connectivity index (χ4n) is 1.89. The number of aromatic nitrogens is 2. The Balaban J connectivity index is 1.99. The van der Waals surface area contributed by atoms with Crippen molar-refractivity contribution in [3.8, 4) is 0 Å². The van der Waals surface area contributed by atoms with Gasteiger partial charge in [-0.3, -0.25) is 4.79 Å². The Bertz CT molecular complexity index is 497. The highest BCUT2D eigenvalue weighted by atomic mass is 16.4. The van der Waals surface area contributed by atoms with Gasteiger partial charge in [0.15, 0.2) is 0 Å². The van der Waals surface area contributed by atoms with Gasteiger partial charge in [-0.2, -0.15) is 0 Å². The summed E-state index contributed by atoms with van der Waals surface area (Å²) in [6.07, 6.45) is 5.55. The molecule has 0 atom stereocenters. The van der Waals surface area contributed by atoms with E-state index in [4.69, 9.17) is 5.11 Å². The van der Waals surface area contributed by atoms with Gasteiger partial charge in [0.1, 0.15) is 0 Å². The highest BCUT2D eigenvalue weighted by Crippen LogP contribution is 2.13. The Morgan fingerprint density at radius 2 is 2.05 bits per heavy atom. The third-order valence-corrected chi connectivity index (χ3v) is 2.90. The number of rotatable bonds is 7. The molecule has 0 radical (unpaired) electrons. The Kier molecular flexibility index (Phi) is 4.55. The number of carboxylic acids is 1. The van der Waals surface area contributed by atoms with Crippen LogP contribution in [0.3, 0.4) is 0 Å². The highest BCUT2D eigenvalue weighted by molar-refractivity contribution is 5.67. The van der Waals surface area contributed by atoms with Crippen LogP contribution < -0.4 is 4.90 Å². The van der Waals surface area contributed by atoms with E-state index in [1.54, 1.807) is 12.5 Å². The van der Waals surface area contributed by atoms with Gasteiger partial charge in [0, 0.05) is 37.7 Å². The zero-order valence-corrected chi connectivity index (χ0v) is 10.6. The SMILES string of the molecule is O=C(O)CCN(CCn1ccnc1)c1ccccc1. The maximum atomic E-state index is 10.7. The predicted octanol–water partition coefficient (Wildman–Crippen LogP) is 1.86. The van der Waals surface area contributed by atoms with Gasteiger partial charge < -0.3 is 14.6 Å². The van der Waals surface area contributed by atoms with E-state index in [1.807, 2.05) is 41.1 Å². The third-order valence-electron chi connectivity index (χ3n) is 2.90. The molecule has 0 saturated heterocycles. The third kappa shape index (κ3) is 4.13. The van der Waals surface area contributed by atoms with Gasteiger partial charge in [0.25, 0.3) is 0 Å². The average molecular weight is 259 g/mol. The van der Waals surface area contributed by atoms with Crippen molar-refractivity contribution in [2.45, 2.75) is 13.0 Å². The number of para-hydroxylation sites is 1. The van der Waals surface area contributed by atoms with Gasteiger partial charge in [-0.05, 0) is 12.1 Å². The number of carbonyl (C=O) groups is 1. The molecule has 2 rings (SSSR count). The molecular formula is C14H17N3O2. The molecule has 5 heteroatoms. The lowest BCUT2D eigenvalue weighted by Gasteiger charge is -2.24. The van der Waals surface area contributed by atoms with Crippen molar-refractivity contribution in [1.82, 2.24) is 9.55 Å². The summed E-state index contributed by atoms with van der Waals surface area (Å²) < 4.78 is 1.98. The van der Waals surface area contributed by atoms with Crippen molar-refractivity contribution in [2.24, 2.45) is 0 Å². The van der Waals surface area contributed by atoms with E-state index in [2.05, 4.69) is 9.88 Å². The van der Waals surface area contributed by atoms with Crippen molar-refractivity contribution in [1.29, 1.82) is 0 Å². The molecule has 0 aliphatic heterocycles. The molecule has 0 bridgehead atoms. The van der Waals surface area contributed by atoms with E-state index >= 15 is 0 Å². The van der Waals surface area contributed by atoms with Crippen LogP contribution in [0.15, 0.2) is 49.1 Å². The van der Waals surface area contributed by atoms with Crippen molar-refractivity contribution in [3.05, 3.63) is 49.1 Å². The van der Waals surface area contributed by atoms with E-state index in [0.717, 1.165) is 18.8 Å². The number of anilines is 1. The molecule has 0 amide bonds. The standard InChI is InChI=1S/C14H17N3O2/c18-14(19)6-8-17(13-4-2-1-3-5-13)11-10-16-9-7-15-12-16/h1-5,7,9,12H,6,8,10-11H2,(H,18,19). The largest absolute Gasteiger partial charge is 0.481 e. The first kappa shape index (κ1) is 13.1. The van der Waals surface area contributed by atoms with Crippen LogP contribution in [0.2, 0.25) is 0 Å². The fraction of sp³-hybridized carbons (Fsp3) is 0.286. The van der Waals surface area contributed by atoms with E-state index in [9.17, 15) is 4.79 Å². The molecule has 100 valence electrons. The smallest absolute Gasteiger partial charge is 0.305 e. The van der Waals surface area contributed by atoms with Gasteiger partial charge in [0.05, 0.1) is 12.7 Å². The van der Waals surface area contributed by atoms with Crippen molar-refractivity contribution in [3.63, 3.8) is 0 Å². The molecule has 19 heavy (non-hydrogen) atoms. The summed E-state index contributed by atoms with van der Waals surface area (Å²) in [4.78, 5) is 16.8. The van der Waals surface area contributed by atoms with E-state index in [-0.39, 0.29) is 6.42 Å². The molecule has 1 aromatic carbocycles. The van der Waals surface area contributed by atoms with Crippen molar-refractivity contribution in [2.75, 3.05) is 18.0 Å². The molecule has 2 aromatic rings. The normalized spacial score (nSPS) is 10.3. The second-order valence-electron chi connectivity index (χ2n) is 4.27. The minimum atomic E-state index is -0.774. The molecule has 0 saturated carbocycles. The van der Waals surface area contributed by atoms with Crippen LogP contribution in [0.25, 0.3) is 0 Å². The van der Waals surface area contributed by atoms with Crippen LogP contribution >= 0.6 is 0 Å². The van der Waals surface area contributed by atoms with Gasteiger partial charge in [-0.1, -0.05) is 18.2 Å². The highest BCUT2D eigenvalue weighted by Gasteiger charge is 2.08. The molecule has 1 N–H and O–H groups in total. The quantitative estimate of drug-likeness (QED) is 0.824. The van der Waals surface area contributed by atoms with E-state index < -0.39 is 5.97 Å². The Morgan fingerprint density at radius 3 is 2.68 bits per heavy atom. The molecular weight excluding hydrogens is 242 g/mol. The molecule has 1 heterocycles. The molecule has 0 spiro atoms. The first-order chi connectivity index (χ1) is 9.25. The molecule has 1 aromatic heterocycles. The Hall–Kier alpha value is -2.30. The first-order valence-electron chi connectivity index (χ1n) is 6.23. The lowest BCUT2D eigenvalue weighted by atomic mass is 10.2. The molecule has 5 nitrogen and oxygen atoms in total. The second-order valence-corrected chi connectivity index (χ2v) is 4.27. The van der Waals surface area contributed by atoms with Crippen LogP contribution in [-0.4, -0.2) is 33.7 Å². The topological polar surface area (TPSA) is 58.4 Å². The predicted molar refractivity (Wildman–Crippen MR) is 73.1 cm³/mol. The number of aliphatic carboxylic acids is 1. The molecule has 0 unspecified atom stereocenters.